The number of hydrogen-bond donors (Lipinski definition) is 1. The molecule has 0 radical (unpaired) electrons. The van der Waals surface area contributed by atoms with Crippen LogP contribution in [-0.4, -0.2) is 43.0 Å². The second-order valence-electron chi connectivity index (χ2n) is 8.33. The highest BCUT2D eigenvalue weighted by atomic mass is 79.9. The first kappa shape index (κ1) is 26.5. The first-order valence-corrected chi connectivity index (χ1v) is 12.8. The molecule has 1 unspecified atom stereocenters. The molecule has 186 valence electrons. The average molecular weight is 541 g/mol. The van der Waals surface area contributed by atoms with E-state index in [9.17, 15) is 9.59 Å². The van der Waals surface area contributed by atoms with Crippen LogP contribution < -0.4 is 14.8 Å². The van der Waals surface area contributed by atoms with E-state index in [1.807, 2.05) is 67.6 Å². The first-order valence-electron chi connectivity index (χ1n) is 12.0. The number of carbonyl (C=O) groups excluding carboxylic acids is 2. The van der Waals surface area contributed by atoms with Gasteiger partial charge in [0.1, 0.15) is 17.5 Å². The predicted octanol–water partition coefficient (Wildman–Crippen LogP) is 5.71. The van der Waals surface area contributed by atoms with Crippen molar-refractivity contribution in [3.8, 4) is 11.5 Å². The van der Waals surface area contributed by atoms with Crippen molar-refractivity contribution < 1.29 is 19.1 Å². The van der Waals surface area contributed by atoms with Crippen LogP contribution in [0.2, 0.25) is 0 Å². The molecule has 0 saturated carbocycles. The third-order valence-corrected chi connectivity index (χ3v) is 6.72. The van der Waals surface area contributed by atoms with Gasteiger partial charge in [0.15, 0.2) is 6.61 Å². The summed E-state index contributed by atoms with van der Waals surface area (Å²) in [6, 6.07) is 18.7. The fraction of sp³-hybridized carbons (Fsp3) is 0.357. The smallest absolute Gasteiger partial charge is 0.261 e. The number of amides is 2. The van der Waals surface area contributed by atoms with Crippen LogP contribution in [0.25, 0.3) is 10.8 Å². The summed E-state index contributed by atoms with van der Waals surface area (Å²) in [6.07, 6.45) is 2.38. The summed E-state index contributed by atoms with van der Waals surface area (Å²) in [5.74, 6) is 0.926. The summed E-state index contributed by atoms with van der Waals surface area (Å²) >= 11 is 3.61. The molecule has 0 heterocycles. The first-order chi connectivity index (χ1) is 17.0. The molecule has 7 heteroatoms. The van der Waals surface area contributed by atoms with Crippen molar-refractivity contribution in [3.05, 3.63) is 70.7 Å². The van der Waals surface area contributed by atoms with E-state index in [2.05, 4.69) is 28.2 Å². The van der Waals surface area contributed by atoms with Crippen LogP contribution in [0.3, 0.4) is 0 Å². The number of hydrogen-bond acceptors (Lipinski definition) is 4. The third kappa shape index (κ3) is 6.98. The fourth-order valence-corrected chi connectivity index (χ4v) is 4.51. The molecule has 35 heavy (non-hydrogen) atoms. The number of ether oxygens (including phenoxy) is 2. The Morgan fingerprint density at radius 1 is 1.03 bits per heavy atom. The minimum absolute atomic E-state index is 0.144. The Bertz CT molecular complexity index is 1130. The van der Waals surface area contributed by atoms with Crippen molar-refractivity contribution in [2.75, 3.05) is 20.3 Å². The van der Waals surface area contributed by atoms with Gasteiger partial charge in [0, 0.05) is 13.1 Å². The van der Waals surface area contributed by atoms with Crippen molar-refractivity contribution in [2.45, 2.75) is 45.7 Å². The van der Waals surface area contributed by atoms with Crippen molar-refractivity contribution in [1.82, 2.24) is 10.2 Å². The Kier molecular flexibility index (Phi) is 9.97. The number of carbonyl (C=O) groups is 2. The highest BCUT2D eigenvalue weighted by molar-refractivity contribution is 9.10. The quantitative estimate of drug-likeness (QED) is 0.298. The number of rotatable bonds is 12. The number of nitrogens with zero attached hydrogens (tertiary/aromatic N) is 1. The molecule has 3 aromatic rings. The monoisotopic (exact) mass is 540 g/mol. The van der Waals surface area contributed by atoms with Gasteiger partial charge in [-0.2, -0.15) is 0 Å². The average Bonchev–Trinajstić information content (AvgIpc) is 2.88. The zero-order chi connectivity index (χ0) is 25.2. The second kappa shape index (κ2) is 13.1. The van der Waals surface area contributed by atoms with Gasteiger partial charge in [0.25, 0.3) is 5.91 Å². The molecule has 0 aliphatic heterocycles. The van der Waals surface area contributed by atoms with E-state index < -0.39 is 6.04 Å². The SMILES string of the molecule is CCCCNC(=O)C(CC)N(Cc1ccc(OC)cc1)C(=O)COc1ccc2ccccc2c1Br. The van der Waals surface area contributed by atoms with Gasteiger partial charge < -0.3 is 19.7 Å². The molecule has 0 fully saturated rings. The Hall–Kier alpha value is -3.06. The molecule has 3 rings (SSSR count). The second-order valence-corrected chi connectivity index (χ2v) is 9.12. The zero-order valence-corrected chi connectivity index (χ0v) is 22.1. The number of unbranched alkanes of at least 4 members (excludes halogenated alkanes) is 1. The maximum Gasteiger partial charge on any atom is 0.261 e. The summed E-state index contributed by atoms with van der Waals surface area (Å²) in [5, 5.41) is 5.06. The van der Waals surface area contributed by atoms with Gasteiger partial charge in [-0.25, -0.2) is 0 Å². The minimum atomic E-state index is -0.592. The lowest BCUT2D eigenvalue weighted by atomic mass is 10.1. The van der Waals surface area contributed by atoms with E-state index in [1.165, 1.54) is 0 Å². The highest BCUT2D eigenvalue weighted by Gasteiger charge is 2.29. The van der Waals surface area contributed by atoms with Crippen molar-refractivity contribution in [2.24, 2.45) is 0 Å². The molecule has 6 nitrogen and oxygen atoms in total. The van der Waals surface area contributed by atoms with Crippen LogP contribution in [0.4, 0.5) is 0 Å². The minimum Gasteiger partial charge on any atom is -0.497 e. The summed E-state index contributed by atoms with van der Waals surface area (Å²) in [5.41, 5.74) is 0.908. The number of methoxy groups -OCH3 is 1. The Morgan fingerprint density at radius 3 is 2.46 bits per heavy atom. The number of halogens is 1. The van der Waals surface area contributed by atoms with Crippen molar-refractivity contribution in [3.63, 3.8) is 0 Å². The molecule has 2 amide bonds. The van der Waals surface area contributed by atoms with Gasteiger partial charge >= 0.3 is 0 Å². The van der Waals surface area contributed by atoms with Crippen LogP contribution in [0.5, 0.6) is 11.5 Å². The maximum absolute atomic E-state index is 13.4. The summed E-state index contributed by atoms with van der Waals surface area (Å²) in [7, 11) is 1.61. The number of nitrogens with one attached hydrogen (secondary N) is 1. The molecule has 0 saturated heterocycles. The topological polar surface area (TPSA) is 67.9 Å². The largest absolute Gasteiger partial charge is 0.497 e. The standard InChI is InChI=1S/C28H33BrN2O4/c1-4-6-17-30-28(33)24(5-2)31(18-20-11-14-22(34-3)15-12-20)26(32)19-35-25-16-13-21-9-7-8-10-23(21)27(25)29/h7-16,24H,4-6,17-19H2,1-3H3,(H,30,33). The maximum atomic E-state index is 13.4. The molecule has 1 atom stereocenters. The van der Waals surface area contributed by atoms with Gasteiger partial charge in [0.2, 0.25) is 5.91 Å². The Balaban J connectivity index is 1.80. The Morgan fingerprint density at radius 2 is 1.77 bits per heavy atom. The van der Waals surface area contributed by atoms with E-state index in [0.29, 0.717) is 25.3 Å². The third-order valence-electron chi connectivity index (χ3n) is 5.91. The van der Waals surface area contributed by atoms with E-state index in [0.717, 1.165) is 39.4 Å². The van der Waals surface area contributed by atoms with Gasteiger partial charge in [-0.15, -0.1) is 0 Å². The van der Waals surface area contributed by atoms with Gasteiger partial charge in [0.05, 0.1) is 11.6 Å². The normalized spacial score (nSPS) is 11.7. The molecule has 0 spiro atoms. The molecule has 0 aliphatic carbocycles. The van der Waals surface area contributed by atoms with Crippen LogP contribution in [0.1, 0.15) is 38.7 Å². The fourth-order valence-electron chi connectivity index (χ4n) is 3.90. The molecule has 0 aromatic heterocycles. The summed E-state index contributed by atoms with van der Waals surface area (Å²) < 4.78 is 12.0. The molecule has 0 bridgehead atoms. The summed E-state index contributed by atoms with van der Waals surface area (Å²) in [4.78, 5) is 28.0. The van der Waals surface area contributed by atoms with Gasteiger partial charge in [-0.05, 0) is 63.3 Å². The van der Waals surface area contributed by atoms with Crippen molar-refractivity contribution in [1.29, 1.82) is 0 Å². The van der Waals surface area contributed by atoms with Crippen LogP contribution in [0.15, 0.2) is 65.1 Å². The van der Waals surface area contributed by atoms with E-state index in [-0.39, 0.29) is 18.4 Å². The number of fused-ring (bicyclic) bond motifs is 1. The van der Waals surface area contributed by atoms with Gasteiger partial charge in [-0.3, -0.25) is 9.59 Å². The van der Waals surface area contributed by atoms with Gasteiger partial charge in [-0.1, -0.05) is 62.7 Å². The van der Waals surface area contributed by atoms with Crippen molar-refractivity contribution >= 4 is 38.5 Å². The van der Waals surface area contributed by atoms with E-state index >= 15 is 0 Å². The van der Waals surface area contributed by atoms with Crippen LogP contribution in [0, 0.1) is 0 Å². The molecule has 3 aromatic carbocycles. The van der Waals surface area contributed by atoms with E-state index in [4.69, 9.17) is 9.47 Å². The lowest BCUT2D eigenvalue weighted by Crippen LogP contribution is -2.50. The highest BCUT2D eigenvalue weighted by Crippen LogP contribution is 2.33. The predicted molar refractivity (Wildman–Crippen MR) is 143 cm³/mol. The molecule has 0 aliphatic rings. The summed E-state index contributed by atoms with van der Waals surface area (Å²) in [6.45, 7) is 4.71. The lowest BCUT2D eigenvalue weighted by molar-refractivity contribution is -0.143. The molecular formula is C28H33BrN2O4. The zero-order valence-electron chi connectivity index (χ0n) is 20.6. The number of benzene rings is 3. The molecular weight excluding hydrogens is 508 g/mol. The Labute approximate surface area is 215 Å². The molecule has 1 N–H and O–H groups in total. The van der Waals surface area contributed by atoms with Crippen LogP contribution in [-0.2, 0) is 16.1 Å². The lowest BCUT2D eigenvalue weighted by Gasteiger charge is -2.30. The van der Waals surface area contributed by atoms with E-state index in [1.54, 1.807) is 12.0 Å². The van der Waals surface area contributed by atoms with Crippen LogP contribution >= 0.6 is 15.9 Å².